The molecule has 0 aromatic rings. The Morgan fingerprint density at radius 2 is 1.76 bits per heavy atom. The highest BCUT2D eigenvalue weighted by molar-refractivity contribution is 6.87. The SMILES string of the molecule is C#C[C@@]1([C@H]2COC(C)(C)O2)O[C@H]1C#C[Si](CC)(CC)CC. The zero-order chi connectivity index (χ0) is 15.7. The molecule has 0 aromatic carbocycles. The minimum Gasteiger partial charge on any atom is -0.348 e. The van der Waals surface area contributed by atoms with E-state index in [4.69, 9.17) is 20.6 Å². The van der Waals surface area contributed by atoms with Gasteiger partial charge in [-0.05, 0) is 32.0 Å². The molecule has 0 unspecified atom stereocenters. The summed E-state index contributed by atoms with van der Waals surface area (Å²) in [7, 11) is -1.47. The predicted molar refractivity (Wildman–Crippen MR) is 86.3 cm³/mol. The first-order chi connectivity index (χ1) is 9.87. The molecule has 2 saturated heterocycles. The summed E-state index contributed by atoms with van der Waals surface area (Å²) in [5.41, 5.74) is 2.84. The van der Waals surface area contributed by atoms with Gasteiger partial charge in [-0.1, -0.05) is 32.6 Å². The average molecular weight is 306 g/mol. The molecule has 2 fully saturated rings. The Balaban J connectivity index is 2.11. The van der Waals surface area contributed by atoms with Crippen molar-refractivity contribution in [2.75, 3.05) is 6.61 Å². The van der Waals surface area contributed by atoms with E-state index in [1.807, 2.05) is 13.8 Å². The Morgan fingerprint density at radius 1 is 1.14 bits per heavy atom. The molecule has 0 bridgehead atoms. The second kappa shape index (κ2) is 5.78. The van der Waals surface area contributed by atoms with E-state index in [1.54, 1.807) is 0 Å². The number of hydrogen-bond donors (Lipinski definition) is 0. The molecule has 3 atom stereocenters. The van der Waals surface area contributed by atoms with Crippen LogP contribution in [0.3, 0.4) is 0 Å². The number of hydrogen-bond acceptors (Lipinski definition) is 3. The van der Waals surface area contributed by atoms with Gasteiger partial charge < -0.3 is 14.2 Å². The van der Waals surface area contributed by atoms with Gasteiger partial charge in [-0.25, -0.2) is 0 Å². The molecule has 4 heteroatoms. The maximum absolute atomic E-state index is 5.86. The molecular formula is C17H26O3Si. The third-order valence-corrected chi connectivity index (χ3v) is 9.59. The van der Waals surface area contributed by atoms with E-state index in [-0.39, 0.29) is 12.2 Å². The summed E-state index contributed by atoms with van der Waals surface area (Å²) in [6.07, 6.45) is 5.27. The zero-order valence-corrected chi connectivity index (χ0v) is 14.8. The Morgan fingerprint density at radius 3 is 2.19 bits per heavy atom. The van der Waals surface area contributed by atoms with Crippen molar-refractivity contribution in [2.45, 2.75) is 76.3 Å². The average Bonchev–Trinajstić information content (AvgIpc) is 3.09. The predicted octanol–water partition coefficient (Wildman–Crippen LogP) is 2.96. The van der Waals surface area contributed by atoms with E-state index in [9.17, 15) is 0 Å². The largest absolute Gasteiger partial charge is 0.348 e. The van der Waals surface area contributed by atoms with Crippen LogP contribution >= 0.6 is 0 Å². The Labute approximate surface area is 129 Å². The van der Waals surface area contributed by atoms with Crippen LogP contribution < -0.4 is 0 Å². The lowest BCUT2D eigenvalue weighted by Gasteiger charge is -2.20. The van der Waals surface area contributed by atoms with Crippen LogP contribution in [0.4, 0.5) is 0 Å². The van der Waals surface area contributed by atoms with Gasteiger partial charge in [-0.2, -0.15) is 0 Å². The van der Waals surface area contributed by atoms with E-state index >= 15 is 0 Å². The van der Waals surface area contributed by atoms with Crippen molar-refractivity contribution in [3.63, 3.8) is 0 Å². The molecule has 0 spiro atoms. The Kier molecular flexibility index (Phi) is 4.56. The van der Waals surface area contributed by atoms with Gasteiger partial charge in [-0.15, -0.1) is 12.0 Å². The minimum absolute atomic E-state index is 0.207. The quantitative estimate of drug-likeness (QED) is 0.454. The lowest BCUT2D eigenvalue weighted by molar-refractivity contribution is -0.143. The fraction of sp³-hybridized carbons (Fsp3) is 0.765. The Bertz CT molecular complexity index is 484. The molecule has 0 aromatic heterocycles. The molecule has 2 aliphatic heterocycles. The molecular weight excluding hydrogens is 280 g/mol. The molecule has 3 nitrogen and oxygen atoms in total. The van der Waals surface area contributed by atoms with Gasteiger partial charge in [0.15, 0.2) is 17.5 Å². The summed E-state index contributed by atoms with van der Waals surface area (Å²) in [6.45, 7) is 11.0. The van der Waals surface area contributed by atoms with Gasteiger partial charge in [0.25, 0.3) is 0 Å². The number of rotatable bonds is 4. The second-order valence-corrected chi connectivity index (χ2v) is 11.3. The summed E-state index contributed by atoms with van der Waals surface area (Å²) in [4.78, 5) is 0. The van der Waals surface area contributed by atoms with Gasteiger partial charge in [0.1, 0.15) is 14.2 Å². The van der Waals surface area contributed by atoms with Gasteiger partial charge >= 0.3 is 0 Å². The topological polar surface area (TPSA) is 31.0 Å². The van der Waals surface area contributed by atoms with E-state index in [0.717, 1.165) is 0 Å². The van der Waals surface area contributed by atoms with Gasteiger partial charge in [0.05, 0.1) is 6.61 Å². The minimum atomic E-state index is -1.47. The highest BCUT2D eigenvalue weighted by atomic mass is 28.3. The van der Waals surface area contributed by atoms with Gasteiger partial charge in [0.2, 0.25) is 0 Å². The third kappa shape index (κ3) is 3.05. The highest BCUT2D eigenvalue weighted by Crippen LogP contribution is 2.44. The first kappa shape index (κ1) is 16.6. The molecule has 116 valence electrons. The van der Waals surface area contributed by atoms with E-state index in [0.29, 0.717) is 6.61 Å². The third-order valence-electron chi connectivity index (χ3n) is 4.86. The molecule has 21 heavy (non-hydrogen) atoms. The molecule has 2 aliphatic rings. The summed E-state index contributed by atoms with van der Waals surface area (Å²) in [6, 6.07) is 3.54. The van der Waals surface area contributed by atoms with Gasteiger partial charge in [-0.3, -0.25) is 0 Å². The molecule has 0 saturated carbocycles. The van der Waals surface area contributed by atoms with E-state index < -0.39 is 19.5 Å². The number of ether oxygens (including phenoxy) is 3. The summed E-state index contributed by atoms with van der Waals surface area (Å²) < 4.78 is 17.2. The van der Waals surface area contributed by atoms with Crippen LogP contribution in [0.1, 0.15) is 34.6 Å². The molecule has 0 N–H and O–H groups in total. The van der Waals surface area contributed by atoms with Crippen LogP contribution in [0.25, 0.3) is 0 Å². The van der Waals surface area contributed by atoms with Crippen molar-refractivity contribution in [3.05, 3.63) is 0 Å². The normalized spacial score (nSPS) is 33.9. The lowest BCUT2D eigenvalue weighted by atomic mass is 10.00. The van der Waals surface area contributed by atoms with Crippen LogP contribution in [-0.2, 0) is 14.2 Å². The molecule has 0 aliphatic carbocycles. The van der Waals surface area contributed by atoms with E-state index in [1.165, 1.54) is 18.1 Å². The smallest absolute Gasteiger partial charge is 0.195 e. The standard InChI is InChI=1S/C17H26O3Si/c1-7-17(15-13-18-16(5,6)19-15)14(20-17)11-12-21(8-2,9-3)10-4/h1,14-15H,8-10,13H2,2-6H3/t14-,15+,17+/m0/s1. The van der Waals surface area contributed by atoms with Gasteiger partial charge in [0, 0.05) is 0 Å². The van der Waals surface area contributed by atoms with Crippen molar-refractivity contribution >= 4 is 8.07 Å². The highest BCUT2D eigenvalue weighted by Gasteiger charge is 2.64. The Hall–Kier alpha value is -0.783. The molecule has 2 rings (SSSR count). The van der Waals surface area contributed by atoms with Crippen molar-refractivity contribution < 1.29 is 14.2 Å². The monoisotopic (exact) mass is 306 g/mol. The summed E-state index contributed by atoms with van der Waals surface area (Å²) in [5, 5.41) is 0. The number of epoxide rings is 1. The maximum Gasteiger partial charge on any atom is 0.195 e. The fourth-order valence-corrected chi connectivity index (χ4v) is 5.34. The van der Waals surface area contributed by atoms with Crippen LogP contribution in [0.15, 0.2) is 0 Å². The lowest BCUT2D eigenvalue weighted by Crippen LogP contribution is -2.35. The molecule has 0 amide bonds. The molecule has 2 heterocycles. The van der Waals surface area contributed by atoms with Crippen LogP contribution in [-0.4, -0.2) is 38.3 Å². The summed E-state index contributed by atoms with van der Waals surface area (Å²) in [5.74, 6) is 5.48. The van der Waals surface area contributed by atoms with Crippen molar-refractivity contribution in [1.82, 2.24) is 0 Å². The first-order valence-electron chi connectivity index (χ1n) is 7.87. The first-order valence-corrected chi connectivity index (χ1v) is 10.5. The van der Waals surface area contributed by atoms with Crippen molar-refractivity contribution in [1.29, 1.82) is 0 Å². The van der Waals surface area contributed by atoms with Crippen molar-refractivity contribution in [2.24, 2.45) is 0 Å². The van der Waals surface area contributed by atoms with Crippen LogP contribution in [0.2, 0.25) is 18.1 Å². The maximum atomic E-state index is 5.86. The number of terminal acetylenes is 1. The fourth-order valence-electron chi connectivity index (χ4n) is 2.88. The summed E-state index contributed by atoms with van der Waals surface area (Å²) >= 11 is 0. The van der Waals surface area contributed by atoms with Crippen LogP contribution in [0.5, 0.6) is 0 Å². The second-order valence-electron chi connectivity index (χ2n) is 6.36. The van der Waals surface area contributed by atoms with Crippen molar-refractivity contribution in [3.8, 4) is 23.8 Å². The molecule has 0 radical (unpaired) electrons. The van der Waals surface area contributed by atoms with E-state index in [2.05, 4.69) is 38.2 Å². The zero-order valence-electron chi connectivity index (χ0n) is 13.8. The van der Waals surface area contributed by atoms with Crippen LogP contribution in [0, 0.1) is 23.8 Å².